The van der Waals surface area contributed by atoms with Gasteiger partial charge in [0, 0.05) is 25.7 Å². The minimum absolute atomic E-state index is 0. The summed E-state index contributed by atoms with van der Waals surface area (Å²) in [6, 6.07) is 1.29. The van der Waals surface area contributed by atoms with E-state index < -0.39 is 36.4 Å². The second kappa shape index (κ2) is 14.2. The van der Waals surface area contributed by atoms with Crippen LogP contribution >= 0.6 is 12.4 Å². The van der Waals surface area contributed by atoms with Crippen LogP contribution < -0.4 is 21.8 Å². The Hall–Kier alpha value is -3.48. The van der Waals surface area contributed by atoms with Gasteiger partial charge in [0.05, 0.1) is 19.2 Å². The summed E-state index contributed by atoms with van der Waals surface area (Å²) in [4.78, 5) is 52.8. The minimum Gasteiger partial charge on any atom is -0.480 e. The molecule has 0 radical (unpaired) electrons. The zero-order valence-electron chi connectivity index (χ0n) is 19.9. The maximum Gasteiger partial charge on any atom is 0.323 e. The lowest BCUT2D eigenvalue weighted by molar-refractivity contribution is -0.146. The number of carbonyl (C=O) groups excluding carboxylic acids is 3. The van der Waals surface area contributed by atoms with Crippen molar-refractivity contribution >= 4 is 42.6 Å². The van der Waals surface area contributed by atoms with Crippen molar-refractivity contribution in [2.45, 2.75) is 50.7 Å². The van der Waals surface area contributed by atoms with Crippen LogP contribution in [-0.2, 0) is 20.9 Å². The molecule has 2 aliphatic rings. The first-order valence-electron chi connectivity index (χ1n) is 11.7. The summed E-state index contributed by atoms with van der Waals surface area (Å²) >= 11 is 0. The summed E-state index contributed by atoms with van der Waals surface area (Å²) in [7, 11) is 0. The van der Waals surface area contributed by atoms with Crippen molar-refractivity contribution in [1.29, 1.82) is 0 Å². The first kappa shape index (κ1) is 28.8. The molecule has 1 saturated heterocycles. The molecule has 1 saturated carbocycles. The van der Waals surface area contributed by atoms with Gasteiger partial charge in [-0.15, -0.1) is 12.4 Å². The molecule has 0 bridgehead atoms. The molecular formula is C22H34ClN7O6. The van der Waals surface area contributed by atoms with Crippen molar-refractivity contribution in [3.05, 3.63) is 24.2 Å². The summed E-state index contributed by atoms with van der Waals surface area (Å²) in [5, 5.41) is 20.7. The van der Waals surface area contributed by atoms with E-state index in [2.05, 4.69) is 21.1 Å². The fourth-order valence-corrected chi connectivity index (χ4v) is 4.09. The maximum absolute atomic E-state index is 13.2. The Morgan fingerprint density at radius 2 is 2.06 bits per heavy atom. The van der Waals surface area contributed by atoms with Crippen LogP contribution in [0.1, 0.15) is 37.9 Å². The number of carboxylic acid groups (broad SMARTS) is 1. The van der Waals surface area contributed by atoms with Gasteiger partial charge in [-0.05, 0) is 43.7 Å². The Kier molecular flexibility index (Phi) is 11.3. The van der Waals surface area contributed by atoms with Crippen molar-refractivity contribution in [3.63, 3.8) is 0 Å². The molecule has 200 valence electrons. The first-order valence-corrected chi connectivity index (χ1v) is 11.7. The number of urea groups is 1. The van der Waals surface area contributed by atoms with E-state index in [0.29, 0.717) is 31.7 Å². The number of hydrogen-bond donors (Lipinski definition) is 5. The maximum atomic E-state index is 13.2. The molecule has 13 nitrogen and oxygen atoms in total. The summed E-state index contributed by atoms with van der Waals surface area (Å²) in [5.74, 6) is 3.77. The van der Waals surface area contributed by atoms with Gasteiger partial charge in [0.2, 0.25) is 11.8 Å². The average molecular weight is 528 g/mol. The Morgan fingerprint density at radius 1 is 1.28 bits per heavy atom. The van der Waals surface area contributed by atoms with Crippen molar-refractivity contribution in [2.75, 3.05) is 26.2 Å². The summed E-state index contributed by atoms with van der Waals surface area (Å²) in [6.07, 6.45) is 5.98. The Labute approximate surface area is 215 Å². The van der Waals surface area contributed by atoms with Crippen LogP contribution in [0.2, 0.25) is 0 Å². The van der Waals surface area contributed by atoms with E-state index in [0.717, 1.165) is 19.4 Å². The predicted octanol–water partition coefficient (Wildman–Crippen LogP) is 0.0651. The van der Waals surface area contributed by atoms with Crippen molar-refractivity contribution < 1.29 is 28.7 Å². The molecule has 1 aliphatic heterocycles. The number of nitrogens with one attached hydrogen (secondary N) is 3. The van der Waals surface area contributed by atoms with Gasteiger partial charge in [-0.25, -0.2) is 4.79 Å². The molecule has 1 aromatic heterocycles. The fraction of sp³-hybridized carbons (Fsp3) is 0.591. The average Bonchev–Trinajstić information content (AvgIpc) is 3.53. The molecule has 0 spiro atoms. The number of carboxylic acids is 1. The highest BCUT2D eigenvalue weighted by Crippen LogP contribution is 2.27. The fourth-order valence-electron chi connectivity index (χ4n) is 4.09. The molecular weight excluding hydrogens is 494 g/mol. The molecule has 14 heteroatoms. The molecule has 1 aliphatic carbocycles. The zero-order chi connectivity index (χ0) is 25.2. The van der Waals surface area contributed by atoms with Gasteiger partial charge < -0.3 is 41.1 Å². The van der Waals surface area contributed by atoms with Crippen LogP contribution in [-0.4, -0.2) is 83.3 Å². The highest BCUT2D eigenvalue weighted by atomic mass is 35.5. The number of hydrogen-bond acceptors (Lipinski definition) is 7. The molecule has 0 aromatic carbocycles. The molecule has 6 N–H and O–H groups in total. The lowest BCUT2D eigenvalue weighted by atomic mass is 9.98. The third kappa shape index (κ3) is 9.29. The topological polar surface area (TPSA) is 183 Å². The number of likely N-dealkylation sites (tertiary alicyclic amines) is 1. The standard InChI is InChI=1S/C22H33N7O6.ClH/c23-26-14-28-7-1-3-15(12-28)10-24-19(30)9-18(21(33)29(13-20(31)32)16-5-6-16)27-22(34)25-11-17-4-2-8-35-17;/h2,4,8,14-16,18H,1,3,5-7,9-13,23H2,(H,24,30)(H,31,32)(H2,25,27,34);1H/t15-,18-;/m0./s1. The lowest BCUT2D eigenvalue weighted by Crippen LogP contribution is -2.54. The van der Waals surface area contributed by atoms with Gasteiger partial charge in [-0.1, -0.05) is 0 Å². The number of hydrazone groups is 1. The van der Waals surface area contributed by atoms with Crippen molar-refractivity contribution in [1.82, 2.24) is 25.8 Å². The minimum atomic E-state index is -1.21. The van der Waals surface area contributed by atoms with Gasteiger partial charge >= 0.3 is 12.0 Å². The van der Waals surface area contributed by atoms with E-state index in [-0.39, 0.29) is 37.3 Å². The SMILES string of the molecule is Cl.NN=CN1CCC[C@@H](CNC(=O)C[C@H](NC(=O)NCc2ccco2)C(=O)N(CC(=O)O)C2CC2)C1. The van der Waals surface area contributed by atoms with Gasteiger partial charge in [0.15, 0.2) is 0 Å². The van der Waals surface area contributed by atoms with E-state index >= 15 is 0 Å². The molecule has 1 aromatic rings. The Balaban J connectivity index is 0.00000456. The van der Waals surface area contributed by atoms with E-state index in [4.69, 9.17) is 10.3 Å². The van der Waals surface area contributed by atoms with Gasteiger partial charge in [-0.2, -0.15) is 5.10 Å². The number of furan rings is 1. The number of rotatable bonds is 12. The highest BCUT2D eigenvalue weighted by molar-refractivity contribution is 5.93. The van der Waals surface area contributed by atoms with Crippen LogP contribution in [0.4, 0.5) is 4.79 Å². The number of nitrogens with zero attached hydrogens (tertiary/aromatic N) is 3. The third-order valence-electron chi connectivity index (χ3n) is 5.94. The van der Waals surface area contributed by atoms with E-state index in [1.165, 1.54) is 11.2 Å². The van der Waals surface area contributed by atoms with Crippen molar-refractivity contribution in [2.24, 2.45) is 16.9 Å². The Bertz CT molecular complexity index is 909. The largest absolute Gasteiger partial charge is 0.480 e. The summed E-state index contributed by atoms with van der Waals surface area (Å²) in [5.41, 5.74) is 0. The van der Waals surface area contributed by atoms with Crippen LogP contribution in [0.15, 0.2) is 27.9 Å². The molecule has 0 unspecified atom stereocenters. The number of piperidine rings is 1. The summed E-state index contributed by atoms with van der Waals surface area (Å²) < 4.78 is 5.17. The normalized spacial score (nSPS) is 18.1. The lowest BCUT2D eigenvalue weighted by Gasteiger charge is -2.31. The molecule has 2 fully saturated rings. The molecule has 3 rings (SSSR count). The van der Waals surface area contributed by atoms with Crippen LogP contribution in [0, 0.1) is 5.92 Å². The predicted molar refractivity (Wildman–Crippen MR) is 132 cm³/mol. The smallest absolute Gasteiger partial charge is 0.323 e. The first-order chi connectivity index (χ1) is 16.9. The molecule has 36 heavy (non-hydrogen) atoms. The number of aliphatic carboxylic acids is 1. The number of amides is 4. The van der Waals surface area contributed by atoms with Crippen molar-refractivity contribution in [3.8, 4) is 0 Å². The monoisotopic (exact) mass is 527 g/mol. The summed E-state index contributed by atoms with van der Waals surface area (Å²) in [6.45, 7) is 1.56. The van der Waals surface area contributed by atoms with Crippen LogP contribution in [0.5, 0.6) is 0 Å². The van der Waals surface area contributed by atoms with E-state index in [1.54, 1.807) is 18.5 Å². The van der Waals surface area contributed by atoms with Crippen LogP contribution in [0.3, 0.4) is 0 Å². The second-order valence-electron chi connectivity index (χ2n) is 8.83. The van der Waals surface area contributed by atoms with E-state index in [1.807, 2.05) is 4.90 Å². The van der Waals surface area contributed by atoms with Gasteiger partial charge in [0.1, 0.15) is 24.7 Å². The van der Waals surface area contributed by atoms with Gasteiger partial charge in [0.25, 0.3) is 0 Å². The molecule has 4 amide bonds. The number of halogens is 1. The second-order valence-corrected chi connectivity index (χ2v) is 8.83. The van der Waals surface area contributed by atoms with Crippen LogP contribution in [0.25, 0.3) is 0 Å². The van der Waals surface area contributed by atoms with E-state index in [9.17, 15) is 24.3 Å². The molecule has 2 heterocycles. The number of nitrogens with two attached hydrogens (primary N) is 1. The zero-order valence-corrected chi connectivity index (χ0v) is 20.7. The third-order valence-corrected chi connectivity index (χ3v) is 5.94. The Morgan fingerprint density at radius 3 is 2.69 bits per heavy atom. The quantitative estimate of drug-likeness (QED) is 0.109. The number of carbonyl (C=O) groups is 4. The van der Waals surface area contributed by atoms with Gasteiger partial charge in [-0.3, -0.25) is 14.4 Å². The molecule has 2 atom stereocenters. The highest BCUT2D eigenvalue weighted by Gasteiger charge is 2.38.